The molecule has 0 aromatic heterocycles. The fourth-order valence-corrected chi connectivity index (χ4v) is 3.33. The molecule has 0 aliphatic heterocycles. The number of rotatable bonds is 10. The minimum atomic E-state index is -3.08. The maximum absolute atomic E-state index is 12.2. The number of nitrogens with zero attached hydrogens (tertiary/aromatic N) is 1. The lowest BCUT2D eigenvalue weighted by atomic mass is 10.1. The standard InChI is InChI=1S/C13H30N2O2S/c1-6-13(5)11-15(7-2)18(16,17)10-8-9-14-12(3)4/h12-14H,6-11H2,1-5H3. The van der Waals surface area contributed by atoms with Gasteiger partial charge in [-0.05, 0) is 18.9 Å². The summed E-state index contributed by atoms with van der Waals surface area (Å²) in [7, 11) is -3.08. The van der Waals surface area contributed by atoms with Crippen LogP contribution in [0.1, 0.15) is 47.5 Å². The van der Waals surface area contributed by atoms with Crippen LogP contribution < -0.4 is 5.32 Å². The quantitative estimate of drug-likeness (QED) is 0.622. The molecule has 0 saturated carbocycles. The second-order valence-corrected chi connectivity index (χ2v) is 7.33. The van der Waals surface area contributed by atoms with Gasteiger partial charge in [0.25, 0.3) is 0 Å². The zero-order valence-electron chi connectivity index (χ0n) is 12.6. The van der Waals surface area contributed by atoms with Gasteiger partial charge < -0.3 is 5.32 Å². The molecular formula is C13H30N2O2S. The first-order valence-electron chi connectivity index (χ1n) is 7.04. The predicted octanol–water partition coefficient (Wildman–Crippen LogP) is 2.07. The van der Waals surface area contributed by atoms with Crippen LogP contribution in [0.2, 0.25) is 0 Å². The van der Waals surface area contributed by atoms with Crippen molar-refractivity contribution in [1.29, 1.82) is 0 Å². The third-order valence-corrected chi connectivity index (χ3v) is 5.09. The lowest BCUT2D eigenvalue weighted by molar-refractivity contribution is 0.361. The van der Waals surface area contributed by atoms with Gasteiger partial charge in [0.1, 0.15) is 0 Å². The Morgan fingerprint density at radius 3 is 2.22 bits per heavy atom. The van der Waals surface area contributed by atoms with Gasteiger partial charge in [-0.2, -0.15) is 0 Å². The van der Waals surface area contributed by atoms with E-state index in [0.717, 1.165) is 13.0 Å². The molecule has 0 saturated heterocycles. The van der Waals surface area contributed by atoms with Gasteiger partial charge in [0.05, 0.1) is 5.75 Å². The molecule has 0 radical (unpaired) electrons. The zero-order valence-corrected chi connectivity index (χ0v) is 13.4. The number of nitrogens with one attached hydrogen (secondary N) is 1. The van der Waals surface area contributed by atoms with E-state index >= 15 is 0 Å². The predicted molar refractivity (Wildman–Crippen MR) is 78.2 cm³/mol. The highest BCUT2D eigenvalue weighted by molar-refractivity contribution is 7.89. The van der Waals surface area contributed by atoms with Gasteiger partial charge >= 0.3 is 0 Å². The minimum absolute atomic E-state index is 0.247. The topological polar surface area (TPSA) is 49.4 Å². The fourth-order valence-electron chi connectivity index (χ4n) is 1.69. The highest BCUT2D eigenvalue weighted by Gasteiger charge is 2.21. The van der Waals surface area contributed by atoms with E-state index < -0.39 is 10.0 Å². The van der Waals surface area contributed by atoms with E-state index in [1.165, 1.54) is 0 Å². The maximum atomic E-state index is 12.2. The molecule has 0 spiro atoms. The summed E-state index contributed by atoms with van der Waals surface area (Å²) in [5, 5.41) is 3.24. The van der Waals surface area contributed by atoms with Crippen LogP contribution in [-0.2, 0) is 10.0 Å². The summed E-state index contributed by atoms with van der Waals surface area (Å²) < 4.78 is 25.9. The molecule has 0 amide bonds. The van der Waals surface area contributed by atoms with Crippen LogP contribution in [-0.4, -0.2) is 44.2 Å². The molecule has 0 aromatic carbocycles. The van der Waals surface area contributed by atoms with Crippen LogP contribution in [0, 0.1) is 5.92 Å². The Balaban J connectivity index is 4.22. The Bertz CT molecular complexity index is 302. The number of sulfonamides is 1. The van der Waals surface area contributed by atoms with E-state index in [2.05, 4.69) is 33.0 Å². The summed E-state index contributed by atoms with van der Waals surface area (Å²) in [6, 6.07) is 0.412. The Morgan fingerprint density at radius 1 is 1.17 bits per heavy atom. The van der Waals surface area contributed by atoms with E-state index in [-0.39, 0.29) is 5.75 Å². The van der Waals surface area contributed by atoms with Gasteiger partial charge in [-0.3, -0.25) is 0 Å². The van der Waals surface area contributed by atoms with Crippen molar-refractivity contribution in [3.05, 3.63) is 0 Å². The molecule has 0 rings (SSSR count). The average molecular weight is 278 g/mol. The van der Waals surface area contributed by atoms with Gasteiger partial charge in [0.15, 0.2) is 0 Å². The normalized spacial score (nSPS) is 14.4. The molecule has 18 heavy (non-hydrogen) atoms. The Labute approximate surface area is 113 Å². The van der Waals surface area contributed by atoms with Crippen LogP contribution in [0.15, 0.2) is 0 Å². The molecule has 4 nitrogen and oxygen atoms in total. The van der Waals surface area contributed by atoms with Crippen molar-refractivity contribution in [2.75, 3.05) is 25.4 Å². The van der Waals surface area contributed by atoms with Crippen molar-refractivity contribution in [3.8, 4) is 0 Å². The molecule has 5 heteroatoms. The first-order chi connectivity index (χ1) is 8.33. The van der Waals surface area contributed by atoms with Crippen molar-refractivity contribution in [2.24, 2.45) is 5.92 Å². The molecule has 0 bridgehead atoms. The van der Waals surface area contributed by atoms with Crippen LogP contribution in [0.5, 0.6) is 0 Å². The summed E-state index contributed by atoms with van der Waals surface area (Å²) in [6.07, 6.45) is 1.69. The van der Waals surface area contributed by atoms with Crippen molar-refractivity contribution < 1.29 is 8.42 Å². The number of hydrogen-bond donors (Lipinski definition) is 1. The van der Waals surface area contributed by atoms with Gasteiger partial charge in [0, 0.05) is 19.1 Å². The van der Waals surface area contributed by atoms with Crippen molar-refractivity contribution in [1.82, 2.24) is 9.62 Å². The summed E-state index contributed by atoms with van der Waals surface area (Å²) in [6.45, 7) is 12.2. The van der Waals surface area contributed by atoms with Crippen molar-refractivity contribution >= 4 is 10.0 Å². The molecule has 0 aliphatic carbocycles. The van der Waals surface area contributed by atoms with E-state index in [1.807, 2.05) is 6.92 Å². The van der Waals surface area contributed by atoms with Crippen molar-refractivity contribution in [2.45, 2.75) is 53.5 Å². The van der Waals surface area contributed by atoms with Crippen LogP contribution >= 0.6 is 0 Å². The van der Waals surface area contributed by atoms with Crippen LogP contribution in [0.25, 0.3) is 0 Å². The fraction of sp³-hybridized carbons (Fsp3) is 1.00. The summed E-state index contributed by atoms with van der Waals surface area (Å²) in [4.78, 5) is 0. The van der Waals surface area contributed by atoms with Gasteiger partial charge in [-0.25, -0.2) is 12.7 Å². The minimum Gasteiger partial charge on any atom is -0.314 e. The second-order valence-electron chi connectivity index (χ2n) is 5.24. The first kappa shape index (κ1) is 17.9. The molecule has 1 unspecified atom stereocenters. The molecule has 1 atom stereocenters. The zero-order chi connectivity index (χ0) is 14.2. The molecule has 0 aliphatic rings. The van der Waals surface area contributed by atoms with E-state index in [9.17, 15) is 8.42 Å². The highest BCUT2D eigenvalue weighted by Crippen LogP contribution is 2.10. The Morgan fingerprint density at radius 2 is 1.78 bits per heavy atom. The highest BCUT2D eigenvalue weighted by atomic mass is 32.2. The Hall–Kier alpha value is -0.130. The molecule has 0 aromatic rings. The Kier molecular flexibility index (Phi) is 8.82. The molecule has 0 heterocycles. The largest absolute Gasteiger partial charge is 0.314 e. The summed E-state index contributed by atoms with van der Waals surface area (Å²) in [5.41, 5.74) is 0. The van der Waals surface area contributed by atoms with Gasteiger partial charge in [0.2, 0.25) is 10.0 Å². The SMILES string of the molecule is CCC(C)CN(CC)S(=O)(=O)CCCNC(C)C. The maximum Gasteiger partial charge on any atom is 0.214 e. The smallest absolute Gasteiger partial charge is 0.214 e. The van der Waals surface area contributed by atoms with Crippen LogP contribution in [0.4, 0.5) is 0 Å². The molecular weight excluding hydrogens is 248 g/mol. The second kappa shape index (κ2) is 8.88. The van der Waals surface area contributed by atoms with E-state index in [4.69, 9.17) is 0 Å². The lowest BCUT2D eigenvalue weighted by Crippen LogP contribution is -2.37. The van der Waals surface area contributed by atoms with Crippen LogP contribution in [0.3, 0.4) is 0 Å². The molecule has 1 N–H and O–H groups in total. The first-order valence-corrected chi connectivity index (χ1v) is 8.65. The third kappa shape index (κ3) is 7.34. The summed E-state index contributed by atoms with van der Waals surface area (Å²) in [5.74, 6) is 0.672. The van der Waals surface area contributed by atoms with E-state index in [1.54, 1.807) is 4.31 Å². The number of hydrogen-bond acceptors (Lipinski definition) is 3. The van der Waals surface area contributed by atoms with Gasteiger partial charge in [-0.15, -0.1) is 0 Å². The molecule has 0 fully saturated rings. The third-order valence-electron chi connectivity index (χ3n) is 3.09. The van der Waals surface area contributed by atoms with Gasteiger partial charge in [-0.1, -0.05) is 41.0 Å². The lowest BCUT2D eigenvalue weighted by Gasteiger charge is -2.23. The van der Waals surface area contributed by atoms with E-state index in [0.29, 0.717) is 31.5 Å². The van der Waals surface area contributed by atoms with Crippen molar-refractivity contribution in [3.63, 3.8) is 0 Å². The average Bonchev–Trinajstić information content (AvgIpc) is 2.30. The summed E-state index contributed by atoms with van der Waals surface area (Å²) >= 11 is 0. The molecule has 110 valence electrons. The monoisotopic (exact) mass is 278 g/mol.